The molecule has 0 amide bonds. The number of fused-ring (bicyclic) bond motifs is 10. The number of hydrogen-bond donors (Lipinski definition) is 0. The minimum atomic E-state index is -0.431. The van der Waals surface area contributed by atoms with E-state index in [-0.39, 0.29) is 5.92 Å². The molecule has 0 bridgehead atoms. The standard InChI is InChI=1S/C55H34/c1-2-14-38-33(10-1)11-7-17-40(38)41-28-23-36-24-30-46-39(27-22-35-25-31-47(41)54(36)53(35)46)37-26-29-44-42-15-3-5-19-48(42)55(51(44)32-37)49-20-6-4-16-43(49)45-18-8-12-34-13-9-21-50(55)52(34)45/h1-24,26-32,41H,25H2. The first kappa shape index (κ1) is 29.7. The van der Waals surface area contributed by atoms with E-state index < -0.39 is 5.41 Å². The second kappa shape index (κ2) is 10.7. The molecule has 0 radical (unpaired) electrons. The molecule has 55 heavy (non-hydrogen) atoms. The zero-order valence-electron chi connectivity index (χ0n) is 30.2. The molecule has 0 fully saturated rings. The highest BCUT2D eigenvalue weighted by Gasteiger charge is 2.50. The van der Waals surface area contributed by atoms with Crippen LogP contribution < -0.4 is 0 Å². The van der Waals surface area contributed by atoms with E-state index in [1.807, 2.05) is 0 Å². The first-order valence-corrected chi connectivity index (χ1v) is 19.6. The van der Waals surface area contributed by atoms with Gasteiger partial charge in [0.25, 0.3) is 0 Å². The van der Waals surface area contributed by atoms with Crippen molar-refractivity contribution in [1.82, 2.24) is 0 Å². The van der Waals surface area contributed by atoms with E-state index >= 15 is 0 Å². The Bertz CT molecular complexity index is 3230. The molecule has 2 atom stereocenters. The Labute approximate surface area is 320 Å². The normalized spacial score (nSPS) is 18.0. The maximum atomic E-state index is 2.55. The zero-order chi connectivity index (χ0) is 35.8. The molecular formula is C55H34. The van der Waals surface area contributed by atoms with Crippen molar-refractivity contribution in [2.45, 2.75) is 17.8 Å². The lowest BCUT2D eigenvalue weighted by atomic mass is 9.61. The van der Waals surface area contributed by atoms with Gasteiger partial charge in [-0.1, -0.05) is 182 Å². The molecule has 1 spiro atoms. The number of rotatable bonds is 2. The van der Waals surface area contributed by atoms with Crippen LogP contribution in [0.3, 0.4) is 0 Å². The first-order chi connectivity index (χ1) is 27.3. The molecule has 2 unspecified atom stereocenters. The van der Waals surface area contributed by atoms with Crippen molar-refractivity contribution in [2.24, 2.45) is 0 Å². The summed E-state index contributed by atoms with van der Waals surface area (Å²) in [5, 5.41) is 8.07. The second-order valence-electron chi connectivity index (χ2n) is 15.8. The summed E-state index contributed by atoms with van der Waals surface area (Å²) in [6.45, 7) is 0. The van der Waals surface area contributed by atoms with E-state index in [9.17, 15) is 0 Å². The van der Waals surface area contributed by atoms with Gasteiger partial charge in [0, 0.05) is 5.92 Å². The predicted molar refractivity (Wildman–Crippen MR) is 231 cm³/mol. The summed E-state index contributed by atoms with van der Waals surface area (Å²) in [7, 11) is 0. The van der Waals surface area contributed by atoms with Crippen LogP contribution in [0.25, 0.3) is 77.3 Å². The van der Waals surface area contributed by atoms with Gasteiger partial charge in [-0.2, -0.15) is 0 Å². The van der Waals surface area contributed by atoms with E-state index in [4.69, 9.17) is 0 Å². The van der Waals surface area contributed by atoms with Crippen molar-refractivity contribution < 1.29 is 0 Å². The molecule has 4 aliphatic rings. The molecule has 9 aromatic rings. The molecule has 0 aromatic heterocycles. The molecule has 0 aliphatic heterocycles. The highest BCUT2D eigenvalue weighted by atomic mass is 14.5. The molecule has 0 saturated heterocycles. The summed E-state index contributed by atoms with van der Waals surface area (Å²) < 4.78 is 0. The maximum absolute atomic E-state index is 2.55. The van der Waals surface area contributed by atoms with Crippen LogP contribution in [0, 0.1) is 0 Å². The van der Waals surface area contributed by atoms with Gasteiger partial charge < -0.3 is 0 Å². The van der Waals surface area contributed by atoms with Crippen molar-refractivity contribution in [3.8, 4) is 33.4 Å². The topological polar surface area (TPSA) is 0 Å². The lowest BCUT2D eigenvalue weighted by molar-refractivity contribution is 0.774. The van der Waals surface area contributed by atoms with Crippen LogP contribution in [0.1, 0.15) is 50.4 Å². The maximum Gasteiger partial charge on any atom is 0.0725 e. The molecule has 0 saturated carbocycles. The van der Waals surface area contributed by atoms with Crippen LogP contribution in [0.4, 0.5) is 0 Å². The van der Waals surface area contributed by atoms with Crippen LogP contribution in [0.5, 0.6) is 0 Å². The molecule has 0 N–H and O–H groups in total. The van der Waals surface area contributed by atoms with E-state index in [2.05, 4.69) is 188 Å². The summed E-state index contributed by atoms with van der Waals surface area (Å²) in [5.41, 5.74) is 20.0. The van der Waals surface area contributed by atoms with Gasteiger partial charge in [0.05, 0.1) is 5.41 Å². The summed E-state index contributed by atoms with van der Waals surface area (Å²) in [6, 6.07) is 64.6. The van der Waals surface area contributed by atoms with Gasteiger partial charge in [-0.05, 0) is 128 Å². The average Bonchev–Trinajstić information content (AvgIpc) is 3.54. The minimum absolute atomic E-state index is 0.219. The monoisotopic (exact) mass is 694 g/mol. The van der Waals surface area contributed by atoms with Crippen LogP contribution in [0.2, 0.25) is 0 Å². The first-order valence-electron chi connectivity index (χ1n) is 19.6. The summed E-state index contributed by atoms with van der Waals surface area (Å²) in [5.74, 6) is 0.219. The van der Waals surface area contributed by atoms with Crippen molar-refractivity contribution in [1.29, 1.82) is 0 Å². The Morgan fingerprint density at radius 1 is 0.455 bits per heavy atom. The Kier molecular flexibility index (Phi) is 5.76. The molecule has 0 nitrogen and oxygen atoms in total. The predicted octanol–water partition coefficient (Wildman–Crippen LogP) is 13.9. The van der Waals surface area contributed by atoms with Gasteiger partial charge in [-0.15, -0.1) is 0 Å². The molecule has 13 rings (SSSR count). The summed E-state index contributed by atoms with van der Waals surface area (Å²) in [4.78, 5) is 0. The molecule has 254 valence electrons. The smallest absolute Gasteiger partial charge is 0.0725 e. The third-order valence-electron chi connectivity index (χ3n) is 13.4. The summed E-state index contributed by atoms with van der Waals surface area (Å²) in [6.07, 6.45) is 8.25. The fraction of sp³-hybridized carbons (Fsp3) is 0.0545. The molecule has 4 aliphatic carbocycles. The van der Waals surface area contributed by atoms with Crippen molar-refractivity contribution in [3.05, 3.63) is 227 Å². The van der Waals surface area contributed by atoms with E-state index in [1.165, 1.54) is 116 Å². The van der Waals surface area contributed by atoms with Gasteiger partial charge in [-0.3, -0.25) is 0 Å². The average molecular weight is 695 g/mol. The van der Waals surface area contributed by atoms with Crippen LogP contribution in [-0.4, -0.2) is 0 Å². The molecule has 0 heterocycles. The lowest BCUT2D eigenvalue weighted by Crippen LogP contribution is -2.31. The Morgan fingerprint density at radius 3 is 2.02 bits per heavy atom. The largest absolute Gasteiger partial charge is 0.0753 e. The third-order valence-corrected chi connectivity index (χ3v) is 13.4. The van der Waals surface area contributed by atoms with Crippen molar-refractivity contribution in [3.63, 3.8) is 0 Å². The van der Waals surface area contributed by atoms with E-state index in [0.717, 1.165) is 6.42 Å². The fourth-order valence-electron chi connectivity index (χ4n) is 11.2. The van der Waals surface area contributed by atoms with Crippen LogP contribution >= 0.6 is 0 Å². The minimum Gasteiger partial charge on any atom is -0.0753 e. The second-order valence-corrected chi connectivity index (χ2v) is 15.8. The highest BCUT2D eigenvalue weighted by Crippen LogP contribution is 2.62. The highest BCUT2D eigenvalue weighted by molar-refractivity contribution is 6.11. The Hall–Kier alpha value is -6.76. The molecular weight excluding hydrogens is 661 g/mol. The number of allylic oxidation sites excluding steroid dienone is 3. The SMILES string of the molecule is C1=CC(c2cccc3ccccc23)C2=CCc3ccc(-c4ccc5c(c4)C4(c6ccccc6-5)c5ccccc5-c5cccc6cccc4c56)c4ccc1c2c34. The van der Waals surface area contributed by atoms with E-state index in [0.29, 0.717) is 0 Å². The molecule has 0 heteroatoms. The van der Waals surface area contributed by atoms with Crippen LogP contribution in [-0.2, 0) is 11.8 Å². The van der Waals surface area contributed by atoms with Crippen LogP contribution in [0.15, 0.2) is 182 Å². The van der Waals surface area contributed by atoms with Gasteiger partial charge in [-0.25, -0.2) is 0 Å². The third kappa shape index (κ3) is 3.72. The zero-order valence-corrected chi connectivity index (χ0v) is 30.2. The Morgan fingerprint density at radius 2 is 1.13 bits per heavy atom. The van der Waals surface area contributed by atoms with Gasteiger partial charge in [0.2, 0.25) is 0 Å². The quantitative estimate of drug-likeness (QED) is 0.169. The fourth-order valence-corrected chi connectivity index (χ4v) is 11.2. The number of hydrogen-bond acceptors (Lipinski definition) is 0. The Balaban J connectivity index is 1.06. The summed E-state index contributed by atoms with van der Waals surface area (Å²) >= 11 is 0. The van der Waals surface area contributed by atoms with E-state index in [1.54, 1.807) is 0 Å². The van der Waals surface area contributed by atoms with Crippen molar-refractivity contribution >= 4 is 44.0 Å². The van der Waals surface area contributed by atoms with Gasteiger partial charge >= 0.3 is 0 Å². The van der Waals surface area contributed by atoms with Gasteiger partial charge in [0.1, 0.15) is 0 Å². The number of benzene rings is 9. The lowest BCUT2D eigenvalue weighted by Gasteiger charge is -2.40. The van der Waals surface area contributed by atoms with Crippen molar-refractivity contribution in [2.75, 3.05) is 0 Å². The molecule has 9 aromatic carbocycles. The van der Waals surface area contributed by atoms with Gasteiger partial charge in [0.15, 0.2) is 0 Å².